The van der Waals surface area contributed by atoms with Gasteiger partial charge < -0.3 is 10.2 Å². The highest BCUT2D eigenvalue weighted by atomic mass is 32.2. The quantitative estimate of drug-likeness (QED) is 0.805. The SMILES string of the molecule is Cc1cccc(C)c1CSC[C@H](O)CO. The van der Waals surface area contributed by atoms with E-state index in [-0.39, 0.29) is 6.61 Å². The first kappa shape index (κ1) is 12.6. The minimum atomic E-state index is -0.598. The zero-order valence-electron chi connectivity index (χ0n) is 9.23. The highest BCUT2D eigenvalue weighted by Gasteiger charge is 2.05. The summed E-state index contributed by atoms with van der Waals surface area (Å²) in [7, 11) is 0. The van der Waals surface area contributed by atoms with Crippen molar-refractivity contribution in [1.82, 2.24) is 0 Å². The molecule has 1 atom stereocenters. The molecule has 1 aromatic rings. The normalized spacial score (nSPS) is 12.8. The Bertz CT molecular complexity index is 292. The fraction of sp³-hybridized carbons (Fsp3) is 0.500. The summed E-state index contributed by atoms with van der Waals surface area (Å²) >= 11 is 1.66. The van der Waals surface area contributed by atoms with Crippen LogP contribution in [0.15, 0.2) is 18.2 Å². The van der Waals surface area contributed by atoms with Crippen molar-refractivity contribution in [1.29, 1.82) is 0 Å². The van der Waals surface area contributed by atoms with Crippen LogP contribution >= 0.6 is 11.8 Å². The van der Waals surface area contributed by atoms with Gasteiger partial charge in [-0.05, 0) is 30.5 Å². The van der Waals surface area contributed by atoms with Crippen molar-refractivity contribution in [3.05, 3.63) is 34.9 Å². The van der Waals surface area contributed by atoms with E-state index < -0.39 is 6.10 Å². The fourth-order valence-corrected chi connectivity index (χ4v) is 2.58. The molecule has 0 fully saturated rings. The van der Waals surface area contributed by atoms with Crippen molar-refractivity contribution >= 4 is 11.8 Å². The van der Waals surface area contributed by atoms with Crippen LogP contribution in [-0.2, 0) is 5.75 Å². The van der Waals surface area contributed by atoms with Crippen molar-refractivity contribution < 1.29 is 10.2 Å². The predicted octanol–water partition coefficient (Wildman–Crippen LogP) is 1.89. The number of hydrogen-bond acceptors (Lipinski definition) is 3. The molecular formula is C12H18O2S. The predicted molar refractivity (Wildman–Crippen MR) is 65.2 cm³/mol. The monoisotopic (exact) mass is 226 g/mol. The molecule has 0 bridgehead atoms. The summed E-state index contributed by atoms with van der Waals surface area (Å²) in [6.45, 7) is 4.05. The van der Waals surface area contributed by atoms with Gasteiger partial charge in [0.05, 0.1) is 12.7 Å². The Balaban J connectivity index is 2.50. The first-order valence-corrected chi connectivity index (χ1v) is 6.22. The molecule has 0 aliphatic rings. The third-order valence-corrected chi connectivity index (χ3v) is 3.53. The van der Waals surface area contributed by atoms with Gasteiger partial charge in [0.2, 0.25) is 0 Å². The van der Waals surface area contributed by atoms with Crippen LogP contribution in [0.25, 0.3) is 0 Å². The number of thioether (sulfide) groups is 1. The van der Waals surface area contributed by atoms with Gasteiger partial charge in [0.25, 0.3) is 0 Å². The van der Waals surface area contributed by atoms with Gasteiger partial charge in [0.15, 0.2) is 0 Å². The molecule has 84 valence electrons. The van der Waals surface area contributed by atoms with Crippen LogP contribution in [0.3, 0.4) is 0 Å². The first-order chi connectivity index (χ1) is 7.15. The Morgan fingerprint density at radius 1 is 1.27 bits per heavy atom. The maximum absolute atomic E-state index is 9.20. The van der Waals surface area contributed by atoms with Crippen molar-refractivity contribution in [2.24, 2.45) is 0 Å². The molecule has 2 nitrogen and oxygen atoms in total. The lowest BCUT2D eigenvalue weighted by molar-refractivity contribution is 0.113. The van der Waals surface area contributed by atoms with E-state index in [1.165, 1.54) is 16.7 Å². The second-order valence-corrected chi connectivity index (χ2v) is 4.75. The first-order valence-electron chi connectivity index (χ1n) is 5.07. The maximum Gasteiger partial charge on any atom is 0.0861 e. The molecule has 2 N–H and O–H groups in total. The smallest absolute Gasteiger partial charge is 0.0861 e. The molecule has 15 heavy (non-hydrogen) atoms. The van der Waals surface area contributed by atoms with Crippen LogP contribution in [0.4, 0.5) is 0 Å². The van der Waals surface area contributed by atoms with Gasteiger partial charge in [-0.2, -0.15) is 11.8 Å². The summed E-state index contributed by atoms with van der Waals surface area (Å²) in [4.78, 5) is 0. The highest BCUT2D eigenvalue weighted by molar-refractivity contribution is 7.98. The lowest BCUT2D eigenvalue weighted by Crippen LogP contribution is -2.14. The molecule has 0 aliphatic carbocycles. The van der Waals surface area contributed by atoms with Crippen molar-refractivity contribution in [2.45, 2.75) is 25.7 Å². The minimum absolute atomic E-state index is 0.153. The van der Waals surface area contributed by atoms with Crippen molar-refractivity contribution in [3.8, 4) is 0 Å². The summed E-state index contributed by atoms with van der Waals surface area (Å²) in [5, 5.41) is 17.9. The van der Waals surface area contributed by atoms with E-state index in [2.05, 4.69) is 32.0 Å². The molecule has 3 heteroatoms. The third-order valence-electron chi connectivity index (χ3n) is 2.41. The van der Waals surface area contributed by atoms with Gasteiger partial charge in [-0.3, -0.25) is 0 Å². The van der Waals surface area contributed by atoms with Gasteiger partial charge >= 0.3 is 0 Å². The Hall–Kier alpha value is -0.510. The molecule has 1 aromatic carbocycles. The zero-order chi connectivity index (χ0) is 11.3. The van der Waals surface area contributed by atoms with E-state index in [4.69, 9.17) is 5.11 Å². The molecule has 0 saturated heterocycles. The molecule has 0 heterocycles. The summed E-state index contributed by atoms with van der Waals surface area (Å²) in [5.74, 6) is 1.49. The number of rotatable bonds is 5. The van der Waals surface area contributed by atoms with Crippen LogP contribution in [0.2, 0.25) is 0 Å². The molecule has 0 aromatic heterocycles. The van der Waals surface area contributed by atoms with Crippen LogP contribution in [0.1, 0.15) is 16.7 Å². The molecule has 0 unspecified atom stereocenters. The second kappa shape index (κ2) is 6.16. The lowest BCUT2D eigenvalue weighted by atomic mass is 10.1. The van der Waals surface area contributed by atoms with E-state index >= 15 is 0 Å². The van der Waals surface area contributed by atoms with Gasteiger partial charge in [-0.15, -0.1) is 0 Å². The standard InChI is InChI=1S/C12H18O2S/c1-9-4-3-5-10(2)12(9)8-15-7-11(14)6-13/h3-5,11,13-14H,6-8H2,1-2H3/t11-/m1/s1. The Labute approximate surface area is 95.3 Å². The van der Waals surface area contributed by atoms with Gasteiger partial charge in [-0.25, -0.2) is 0 Å². The number of aliphatic hydroxyl groups is 2. The average Bonchev–Trinajstić information content (AvgIpc) is 2.22. The molecule has 0 spiro atoms. The van der Waals surface area contributed by atoms with Crippen LogP contribution in [0, 0.1) is 13.8 Å². The highest BCUT2D eigenvalue weighted by Crippen LogP contribution is 2.20. The Morgan fingerprint density at radius 2 is 1.87 bits per heavy atom. The van der Waals surface area contributed by atoms with Crippen molar-refractivity contribution in [3.63, 3.8) is 0 Å². The van der Waals surface area contributed by atoms with Crippen LogP contribution in [-0.4, -0.2) is 28.7 Å². The Morgan fingerprint density at radius 3 is 2.40 bits per heavy atom. The number of aliphatic hydroxyl groups excluding tert-OH is 2. The molecule has 0 radical (unpaired) electrons. The summed E-state index contributed by atoms with van der Waals surface area (Å²) in [6.07, 6.45) is -0.598. The lowest BCUT2D eigenvalue weighted by Gasteiger charge is -2.10. The van der Waals surface area contributed by atoms with Gasteiger partial charge in [0, 0.05) is 11.5 Å². The summed E-state index contributed by atoms with van der Waals surface area (Å²) in [5.41, 5.74) is 3.93. The van der Waals surface area contributed by atoms with E-state index in [0.29, 0.717) is 5.75 Å². The average molecular weight is 226 g/mol. The van der Waals surface area contributed by atoms with Gasteiger partial charge in [0.1, 0.15) is 0 Å². The van der Waals surface area contributed by atoms with Crippen LogP contribution < -0.4 is 0 Å². The van der Waals surface area contributed by atoms with Crippen molar-refractivity contribution in [2.75, 3.05) is 12.4 Å². The fourth-order valence-electron chi connectivity index (χ4n) is 1.43. The van der Waals surface area contributed by atoms with Gasteiger partial charge in [-0.1, -0.05) is 18.2 Å². The Kier molecular flexibility index (Phi) is 5.15. The molecule has 0 amide bonds. The number of benzene rings is 1. The van der Waals surface area contributed by atoms with E-state index in [0.717, 1.165) is 5.75 Å². The molecule has 0 saturated carbocycles. The third kappa shape index (κ3) is 3.86. The molecule has 0 aliphatic heterocycles. The summed E-state index contributed by atoms with van der Waals surface area (Å²) < 4.78 is 0. The topological polar surface area (TPSA) is 40.5 Å². The molecule has 1 rings (SSSR count). The zero-order valence-corrected chi connectivity index (χ0v) is 10.0. The largest absolute Gasteiger partial charge is 0.394 e. The molecular weight excluding hydrogens is 208 g/mol. The van der Waals surface area contributed by atoms with E-state index in [9.17, 15) is 5.11 Å². The summed E-state index contributed by atoms with van der Waals surface area (Å²) in [6, 6.07) is 6.26. The van der Waals surface area contributed by atoms with E-state index in [1.54, 1.807) is 11.8 Å². The van der Waals surface area contributed by atoms with Crippen LogP contribution in [0.5, 0.6) is 0 Å². The number of aryl methyl sites for hydroxylation is 2. The number of hydrogen-bond donors (Lipinski definition) is 2. The second-order valence-electron chi connectivity index (χ2n) is 3.72. The maximum atomic E-state index is 9.20. The van der Waals surface area contributed by atoms with E-state index in [1.807, 2.05) is 0 Å². The minimum Gasteiger partial charge on any atom is -0.394 e.